The average molecular weight is 277 g/mol. The van der Waals surface area contributed by atoms with Gasteiger partial charge < -0.3 is 9.84 Å². The summed E-state index contributed by atoms with van der Waals surface area (Å²) in [6.07, 6.45) is 5.71. The summed E-state index contributed by atoms with van der Waals surface area (Å²) in [6, 6.07) is 0.321. The number of aromatic nitrogens is 4. The van der Waals surface area contributed by atoms with E-state index >= 15 is 0 Å². The maximum absolute atomic E-state index is 5.44. The Morgan fingerprint density at radius 3 is 2.80 bits per heavy atom. The van der Waals surface area contributed by atoms with E-state index in [1.807, 2.05) is 13.2 Å². The first kappa shape index (κ1) is 14.7. The fraction of sp³-hybridized carbons (Fsp3) is 0.643. The van der Waals surface area contributed by atoms with E-state index in [2.05, 4.69) is 41.3 Å². The first-order valence-electron chi connectivity index (χ1n) is 7.21. The van der Waals surface area contributed by atoms with E-state index in [1.54, 1.807) is 10.9 Å². The van der Waals surface area contributed by atoms with Gasteiger partial charge in [0.15, 0.2) is 0 Å². The zero-order chi connectivity index (χ0) is 14.5. The molecule has 2 aromatic rings. The highest BCUT2D eigenvalue weighted by atomic mass is 16.5. The Kier molecular flexibility index (Phi) is 4.89. The topological polar surface area (TPSA) is 68.8 Å². The van der Waals surface area contributed by atoms with Gasteiger partial charge in [-0.05, 0) is 26.3 Å². The number of nitrogens with one attached hydrogen (secondary N) is 1. The van der Waals surface area contributed by atoms with Gasteiger partial charge in [-0.1, -0.05) is 19.0 Å². The van der Waals surface area contributed by atoms with E-state index in [0.29, 0.717) is 17.8 Å². The van der Waals surface area contributed by atoms with Crippen molar-refractivity contribution in [2.24, 2.45) is 7.05 Å². The van der Waals surface area contributed by atoms with E-state index in [-0.39, 0.29) is 5.92 Å². The third-order valence-electron chi connectivity index (χ3n) is 3.48. The molecule has 0 aromatic carbocycles. The minimum Gasteiger partial charge on any atom is -0.339 e. The number of hydrogen-bond acceptors (Lipinski definition) is 5. The van der Waals surface area contributed by atoms with Crippen molar-refractivity contribution in [2.45, 2.75) is 45.6 Å². The average Bonchev–Trinajstić information content (AvgIpc) is 3.06. The Bertz CT molecular complexity index is 533. The van der Waals surface area contributed by atoms with Crippen LogP contribution < -0.4 is 5.32 Å². The quantitative estimate of drug-likeness (QED) is 0.841. The van der Waals surface area contributed by atoms with Gasteiger partial charge in [0.2, 0.25) is 11.7 Å². The molecule has 2 rings (SSSR count). The van der Waals surface area contributed by atoms with Crippen LogP contribution in [0.5, 0.6) is 0 Å². The van der Waals surface area contributed by atoms with Crippen LogP contribution in [0.15, 0.2) is 16.9 Å². The van der Waals surface area contributed by atoms with Crippen LogP contribution in [0, 0.1) is 0 Å². The first-order valence-corrected chi connectivity index (χ1v) is 7.21. The number of hydrogen-bond donors (Lipinski definition) is 1. The van der Waals surface area contributed by atoms with Gasteiger partial charge in [0.1, 0.15) is 0 Å². The normalized spacial score (nSPS) is 14.4. The van der Waals surface area contributed by atoms with E-state index in [4.69, 9.17) is 4.52 Å². The van der Waals surface area contributed by atoms with E-state index in [9.17, 15) is 0 Å². The molecule has 2 heterocycles. The summed E-state index contributed by atoms with van der Waals surface area (Å²) in [7, 11) is 1.87. The summed E-state index contributed by atoms with van der Waals surface area (Å²) < 4.78 is 7.17. The summed E-state index contributed by atoms with van der Waals surface area (Å²) in [5, 5.41) is 11.7. The van der Waals surface area contributed by atoms with Crippen LogP contribution >= 0.6 is 0 Å². The van der Waals surface area contributed by atoms with Crippen molar-refractivity contribution in [2.75, 3.05) is 6.54 Å². The predicted molar refractivity (Wildman–Crippen MR) is 77.3 cm³/mol. The molecule has 6 nitrogen and oxygen atoms in total. The highest BCUT2D eigenvalue weighted by molar-refractivity contribution is 5.51. The predicted octanol–water partition coefficient (Wildman–Crippen LogP) is 2.35. The van der Waals surface area contributed by atoms with Crippen LogP contribution in [0.3, 0.4) is 0 Å². The molecule has 0 saturated carbocycles. The Balaban J connectivity index is 2.13. The summed E-state index contributed by atoms with van der Waals surface area (Å²) in [5.41, 5.74) is 0.881. The summed E-state index contributed by atoms with van der Waals surface area (Å²) in [6.45, 7) is 7.47. The largest absolute Gasteiger partial charge is 0.339 e. The van der Waals surface area contributed by atoms with Crippen LogP contribution in [0.2, 0.25) is 0 Å². The van der Waals surface area contributed by atoms with Crippen molar-refractivity contribution in [1.82, 2.24) is 25.2 Å². The van der Waals surface area contributed by atoms with Crippen molar-refractivity contribution in [3.05, 3.63) is 18.3 Å². The molecular weight excluding hydrogens is 254 g/mol. The molecule has 0 radical (unpaired) electrons. The van der Waals surface area contributed by atoms with Gasteiger partial charge >= 0.3 is 0 Å². The number of rotatable bonds is 7. The second-order valence-corrected chi connectivity index (χ2v) is 5.12. The fourth-order valence-electron chi connectivity index (χ4n) is 2.30. The first-order chi connectivity index (χ1) is 9.65. The molecule has 0 fully saturated rings. The molecule has 2 atom stereocenters. The third-order valence-corrected chi connectivity index (χ3v) is 3.48. The lowest BCUT2D eigenvalue weighted by molar-refractivity contribution is 0.316. The summed E-state index contributed by atoms with van der Waals surface area (Å²) >= 11 is 0. The smallest absolute Gasteiger partial charge is 0.231 e. The lowest BCUT2D eigenvalue weighted by atomic mass is 9.98. The van der Waals surface area contributed by atoms with E-state index < -0.39 is 0 Å². The molecule has 0 saturated heterocycles. The highest BCUT2D eigenvalue weighted by Crippen LogP contribution is 2.24. The lowest BCUT2D eigenvalue weighted by Crippen LogP contribution is -2.32. The van der Waals surface area contributed by atoms with Gasteiger partial charge in [-0.2, -0.15) is 10.1 Å². The Morgan fingerprint density at radius 1 is 1.40 bits per heavy atom. The van der Waals surface area contributed by atoms with Gasteiger partial charge in [-0.3, -0.25) is 4.68 Å². The Hall–Kier alpha value is -1.69. The zero-order valence-electron chi connectivity index (χ0n) is 12.6. The number of aryl methyl sites for hydroxylation is 1. The molecule has 1 N–H and O–H groups in total. The van der Waals surface area contributed by atoms with Crippen LogP contribution in [0.25, 0.3) is 11.4 Å². The molecule has 2 aromatic heterocycles. The fourth-order valence-corrected chi connectivity index (χ4v) is 2.30. The van der Waals surface area contributed by atoms with E-state index in [0.717, 1.165) is 24.9 Å². The van der Waals surface area contributed by atoms with Crippen molar-refractivity contribution in [3.63, 3.8) is 0 Å². The van der Waals surface area contributed by atoms with Gasteiger partial charge in [0, 0.05) is 19.3 Å². The summed E-state index contributed by atoms with van der Waals surface area (Å²) in [5.74, 6) is 1.54. The van der Waals surface area contributed by atoms with Crippen molar-refractivity contribution in [3.8, 4) is 11.4 Å². The standard InChI is InChI=1S/C14H23N5O/c1-5-7-15-10(3)12(6-2)14-17-13(18-20-14)11-8-16-19(4)9-11/h8-10,12,15H,5-7H2,1-4H3. The van der Waals surface area contributed by atoms with Crippen molar-refractivity contribution < 1.29 is 4.52 Å². The third kappa shape index (κ3) is 3.25. The molecule has 6 heteroatoms. The maximum Gasteiger partial charge on any atom is 0.231 e. The minimum absolute atomic E-state index is 0.236. The molecule has 0 amide bonds. The van der Waals surface area contributed by atoms with E-state index in [1.165, 1.54) is 0 Å². The summed E-state index contributed by atoms with van der Waals surface area (Å²) in [4.78, 5) is 4.52. The second-order valence-electron chi connectivity index (χ2n) is 5.12. The minimum atomic E-state index is 0.236. The van der Waals surface area contributed by atoms with Crippen LogP contribution in [-0.2, 0) is 7.05 Å². The second kappa shape index (κ2) is 6.65. The van der Waals surface area contributed by atoms with Crippen molar-refractivity contribution in [1.29, 1.82) is 0 Å². The van der Waals surface area contributed by atoms with Crippen LogP contribution in [0.4, 0.5) is 0 Å². The Labute approximate surface area is 119 Å². The molecule has 2 unspecified atom stereocenters. The van der Waals surface area contributed by atoms with Crippen LogP contribution in [-0.4, -0.2) is 32.5 Å². The molecule has 110 valence electrons. The Morgan fingerprint density at radius 2 is 2.20 bits per heavy atom. The molecule has 20 heavy (non-hydrogen) atoms. The lowest BCUT2D eigenvalue weighted by Gasteiger charge is -2.20. The molecule has 0 aliphatic carbocycles. The van der Waals surface area contributed by atoms with Gasteiger partial charge in [0.25, 0.3) is 0 Å². The molecule has 0 spiro atoms. The molecule has 0 bridgehead atoms. The monoisotopic (exact) mass is 277 g/mol. The van der Waals surface area contributed by atoms with Crippen LogP contribution in [0.1, 0.15) is 45.4 Å². The SMILES string of the molecule is CCCNC(C)C(CC)c1nc(-c2cnn(C)c2)no1. The van der Waals surface area contributed by atoms with Gasteiger partial charge in [-0.15, -0.1) is 0 Å². The number of nitrogens with zero attached hydrogens (tertiary/aromatic N) is 4. The molecule has 0 aliphatic heterocycles. The van der Waals surface area contributed by atoms with Crippen molar-refractivity contribution >= 4 is 0 Å². The van der Waals surface area contributed by atoms with Gasteiger partial charge in [0.05, 0.1) is 17.7 Å². The van der Waals surface area contributed by atoms with Gasteiger partial charge in [-0.25, -0.2) is 0 Å². The molecular formula is C14H23N5O. The maximum atomic E-state index is 5.44. The molecule has 0 aliphatic rings. The highest BCUT2D eigenvalue weighted by Gasteiger charge is 2.23. The zero-order valence-corrected chi connectivity index (χ0v) is 12.6.